The molecule has 108 valence electrons. The summed E-state index contributed by atoms with van der Waals surface area (Å²) in [7, 11) is 0. The quantitative estimate of drug-likeness (QED) is 0.771. The summed E-state index contributed by atoms with van der Waals surface area (Å²) in [5.74, 6) is 0.415. The third-order valence-corrected chi connectivity index (χ3v) is 4.48. The van der Waals surface area contributed by atoms with Gasteiger partial charge in [0.2, 0.25) is 5.91 Å². The average Bonchev–Trinajstić information content (AvgIpc) is 3.11. The Morgan fingerprint density at radius 2 is 2.29 bits per heavy atom. The lowest BCUT2D eigenvalue weighted by Crippen LogP contribution is -2.04. The largest absolute Gasteiger partial charge is 0.335 e. The second-order valence-corrected chi connectivity index (χ2v) is 6.15. The van der Waals surface area contributed by atoms with Crippen LogP contribution in [0.1, 0.15) is 23.4 Å². The van der Waals surface area contributed by atoms with Crippen molar-refractivity contribution in [1.29, 1.82) is 0 Å². The molecule has 0 spiro atoms. The second kappa shape index (κ2) is 5.66. The van der Waals surface area contributed by atoms with Crippen molar-refractivity contribution in [2.75, 3.05) is 5.32 Å². The van der Waals surface area contributed by atoms with E-state index in [9.17, 15) is 4.79 Å². The summed E-state index contributed by atoms with van der Waals surface area (Å²) in [6.07, 6.45) is 0.508. The molecule has 3 heterocycles. The Bertz CT molecular complexity index is 761. The number of aryl methyl sites for hydroxylation is 1. The normalized spacial score (nSPS) is 10.8. The number of hydrogen-bond acceptors (Lipinski definition) is 8. The molecule has 0 saturated heterocycles. The lowest BCUT2D eigenvalue weighted by Gasteiger charge is -1.94. The number of aromatic nitrogens is 6. The number of rotatable bonds is 4. The average molecular weight is 320 g/mol. The van der Waals surface area contributed by atoms with E-state index in [2.05, 4.69) is 35.9 Å². The fourth-order valence-electron chi connectivity index (χ4n) is 1.70. The predicted octanol–water partition coefficient (Wildman–Crippen LogP) is 1.27. The van der Waals surface area contributed by atoms with Crippen LogP contribution >= 0.6 is 22.7 Å². The number of hydrogen-bond donors (Lipinski definition) is 1. The molecule has 0 fully saturated rings. The fourth-order valence-corrected chi connectivity index (χ4v) is 3.53. The van der Waals surface area contributed by atoms with Crippen LogP contribution in [0.2, 0.25) is 0 Å². The lowest BCUT2D eigenvalue weighted by molar-refractivity contribution is -0.114. The van der Waals surface area contributed by atoms with Crippen LogP contribution in [0.25, 0.3) is 10.6 Å². The Kier molecular flexibility index (Phi) is 3.71. The number of tetrazole rings is 1. The minimum Gasteiger partial charge on any atom is -0.335 e. The smallest absolute Gasteiger partial charge is 0.223 e. The van der Waals surface area contributed by atoms with Gasteiger partial charge in [-0.25, -0.2) is 9.97 Å². The van der Waals surface area contributed by atoms with Gasteiger partial charge in [0.1, 0.15) is 0 Å². The van der Waals surface area contributed by atoms with Crippen molar-refractivity contribution in [3.63, 3.8) is 0 Å². The molecule has 21 heavy (non-hydrogen) atoms. The Morgan fingerprint density at radius 3 is 3.00 bits per heavy atom. The van der Waals surface area contributed by atoms with Gasteiger partial charge in [-0.1, -0.05) is 11.3 Å². The van der Waals surface area contributed by atoms with Gasteiger partial charge in [-0.05, 0) is 6.92 Å². The van der Waals surface area contributed by atoms with Crippen molar-refractivity contribution in [2.24, 2.45) is 0 Å². The first-order valence-electron chi connectivity index (χ1n) is 5.99. The standard InChI is InChI=1S/C11H11N7OS2/c1-5-10(21-11(12-5)13-6(2)19)7-4-20-9(14-7)3-8-15-17-18-16-8/h4H,3H2,1-2H3,(H2,12,13,15,16,17,18,19)/p-1. The molecule has 0 aliphatic heterocycles. The summed E-state index contributed by atoms with van der Waals surface area (Å²) in [6.45, 7) is 3.35. The van der Waals surface area contributed by atoms with Crippen molar-refractivity contribution in [3.05, 3.63) is 21.9 Å². The van der Waals surface area contributed by atoms with Crippen LogP contribution in [0, 0.1) is 6.92 Å². The Hall–Kier alpha value is -2.20. The van der Waals surface area contributed by atoms with Gasteiger partial charge in [-0.2, -0.15) is 5.21 Å². The first-order chi connectivity index (χ1) is 10.1. The molecule has 0 atom stereocenters. The number of amides is 1. The summed E-state index contributed by atoms with van der Waals surface area (Å²) in [4.78, 5) is 20.9. The van der Waals surface area contributed by atoms with Crippen LogP contribution in [0.3, 0.4) is 0 Å². The second-order valence-electron chi connectivity index (χ2n) is 4.21. The van der Waals surface area contributed by atoms with Gasteiger partial charge in [-0.3, -0.25) is 15.1 Å². The molecule has 0 aliphatic rings. The third kappa shape index (κ3) is 3.11. The molecule has 0 aromatic carbocycles. The number of carbonyl (C=O) groups is 1. The Labute approximate surface area is 127 Å². The highest BCUT2D eigenvalue weighted by Crippen LogP contribution is 2.33. The van der Waals surface area contributed by atoms with Crippen LogP contribution in [-0.4, -0.2) is 31.4 Å². The maximum atomic E-state index is 11.1. The molecule has 0 aliphatic carbocycles. The van der Waals surface area contributed by atoms with Crippen LogP contribution in [0.5, 0.6) is 0 Å². The molecule has 3 aromatic rings. The first-order valence-corrected chi connectivity index (χ1v) is 7.69. The maximum absolute atomic E-state index is 11.1. The van der Waals surface area contributed by atoms with Gasteiger partial charge in [-0.15, -0.1) is 11.3 Å². The zero-order chi connectivity index (χ0) is 14.8. The van der Waals surface area contributed by atoms with Gasteiger partial charge in [0, 0.05) is 24.5 Å². The Morgan fingerprint density at radius 1 is 1.43 bits per heavy atom. The van der Waals surface area contributed by atoms with E-state index in [4.69, 9.17) is 0 Å². The topological polar surface area (TPSA) is 108 Å². The van der Waals surface area contributed by atoms with E-state index in [0.717, 1.165) is 21.3 Å². The summed E-state index contributed by atoms with van der Waals surface area (Å²) < 4.78 is 0. The summed E-state index contributed by atoms with van der Waals surface area (Å²) >= 11 is 2.93. The van der Waals surface area contributed by atoms with E-state index in [-0.39, 0.29) is 5.91 Å². The van der Waals surface area contributed by atoms with Crippen molar-refractivity contribution in [1.82, 2.24) is 30.6 Å². The number of nitrogens with zero attached hydrogens (tertiary/aromatic N) is 6. The number of anilines is 1. The molecule has 0 unspecified atom stereocenters. The van der Waals surface area contributed by atoms with E-state index in [1.165, 1.54) is 29.6 Å². The fraction of sp³-hybridized carbons (Fsp3) is 0.273. The molecule has 0 radical (unpaired) electrons. The SMILES string of the molecule is CC(=O)Nc1nc(C)c(-c2csc(Cc3nnn[n-]3)n2)s1. The molecular formula is C11H10N7OS2-. The molecule has 8 nitrogen and oxygen atoms in total. The van der Waals surface area contributed by atoms with Crippen molar-refractivity contribution < 1.29 is 4.79 Å². The molecule has 10 heteroatoms. The van der Waals surface area contributed by atoms with E-state index in [1.807, 2.05) is 12.3 Å². The van der Waals surface area contributed by atoms with Gasteiger partial charge in [0.05, 0.1) is 21.3 Å². The first kappa shape index (κ1) is 13.8. The zero-order valence-corrected chi connectivity index (χ0v) is 12.8. The lowest BCUT2D eigenvalue weighted by atomic mass is 10.3. The highest BCUT2D eigenvalue weighted by Gasteiger charge is 2.13. The molecule has 1 amide bonds. The number of thiazole rings is 2. The predicted molar refractivity (Wildman–Crippen MR) is 78.2 cm³/mol. The maximum Gasteiger partial charge on any atom is 0.223 e. The van der Waals surface area contributed by atoms with E-state index >= 15 is 0 Å². The minimum atomic E-state index is -0.136. The Balaban J connectivity index is 1.82. The highest BCUT2D eigenvalue weighted by atomic mass is 32.1. The monoisotopic (exact) mass is 320 g/mol. The molecule has 3 rings (SSSR count). The van der Waals surface area contributed by atoms with E-state index in [1.54, 1.807) is 0 Å². The van der Waals surface area contributed by atoms with Crippen molar-refractivity contribution in [3.8, 4) is 10.6 Å². The van der Waals surface area contributed by atoms with Gasteiger partial charge >= 0.3 is 0 Å². The molecule has 0 saturated carbocycles. The van der Waals surface area contributed by atoms with E-state index < -0.39 is 0 Å². The van der Waals surface area contributed by atoms with Crippen LogP contribution < -0.4 is 10.4 Å². The van der Waals surface area contributed by atoms with Gasteiger partial charge in [0.25, 0.3) is 0 Å². The number of nitrogens with one attached hydrogen (secondary N) is 1. The van der Waals surface area contributed by atoms with Gasteiger partial charge in [0.15, 0.2) is 5.13 Å². The molecule has 0 bridgehead atoms. The van der Waals surface area contributed by atoms with Crippen molar-refractivity contribution in [2.45, 2.75) is 20.3 Å². The molecule has 1 N–H and O–H groups in total. The highest BCUT2D eigenvalue weighted by molar-refractivity contribution is 7.19. The van der Waals surface area contributed by atoms with E-state index in [0.29, 0.717) is 17.4 Å². The van der Waals surface area contributed by atoms with Crippen molar-refractivity contribution >= 4 is 33.7 Å². The van der Waals surface area contributed by atoms with Crippen LogP contribution in [0.4, 0.5) is 5.13 Å². The molecule has 3 aromatic heterocycles. The summed E-state index contributed by atoms with van der Waals surface area (Å²) in [5.41, 5.74) is 1.68. The third-order valence-electron chi connectivity index (χ3n) is 2.53. The molecular weight excluding hydrogens is 310 g/mol. The summed E-state index contributed by atoms with van der Waals surface area (Å²) in [6, 6.07) is 0. The van der Waals surface area contributed by atoms with Crippen LogP contribution in [0.15, 0.2) is 5.38 Å². The van der Waals surface area contributed by atoms with Gasteiger partial charge < -0.3 is 10.4 Å². The zero-order valence-electron chi connectivity index (χ0n) is 11.2. The number of carbonyl (C=O) groups excluding carboxylic acids is 1. The summed E-state index contributed by atoms with van der Waals surface area (Å²) in [5, 5.41) is 20.6. The minimum absolute atomic E-state index is 0.136. The van der Waals surface area contributed by atoms with Crippen LogP contribution in [-0.2, 0) is 11.2 Å².